The summed E-state index contributed by atoms with van der Waals surface area (Å²) < 4.78 is 14.5. The van der Waals surface area contributed by atoms with E-state index in [0.29, 0.717) is 11.5 Å². The summed E-state index contributed by atoms with van der Waals surface area (Å²) in [5, 5.41) is 0. The number of hydrazine groups is 1. The van der Waals surface area contributed by atoms with Gasteiger partial charge in [-0.05, 0) is 18.1 Å². The molecule has 1 aromatic carbocycles. The molecule has 16 heavy (non-hydrogen) atoms. The Kier molecular flexibility index (Phi) is 5.38. The number of rotatable bonds is 5. The minimum absolute atomic E-state index is 0.122. The van der Waals surface area contributed by atoms with Crippen molar-refractivity contribution in [3.63, 3.8) is 0 Å². The van der Waals surface area contributed by atoms with Gasteiger partial charge >= 0.3 is 0 Å². The molecule has 1 unspecified atom stereocenters. The molecule has 4 heteroatoms. The Morgan fingerprint density at radius 1 is 1.38 bits per heavy atom. The Bertz CT molecular complexity index is 340. The van der Waals surface area contributed by atoms with Crippen molar-refractivity contribution in [1.82, 2.24) is 5.43 Å². The van der Waals surface area contributed by atoms with E-state index in [4.69, 9.17) is 5.84 Å². The van der Waals surface area contributed by atoms with E-state index in [-0.39, 0.29) is 11.9 Å². The van der Waals surface area contributed by atoms with Crippen molar-refractivity contribution in [2.75, 3.05) is 0 Å². The number of nitrogens with one attached hydrogen (secondary N) is 1. The molecule has 90 valence electrons. The van der Waals surface area contributed by atoms with Crippen LogP contribution in [0, 0.1) is 11.7 Å². The van der Waals surface area contributed by atoms with Crippen LogP contribution in [0.3, 0.4) is 0 Å². The molecule has 0 aliphatic rings. The molecule has 1 aromatic rings. The Labute approximate surface area is 105 Å². The summed E-state index contributed by atoms with van der Waals surface area (Å²) in [6.07, 6.45) is 1.95. The summed E-state index contributed by atoms with van der Waals surface area (Å²) in [6.45, 7) is 4.19. The third-order valence-corrected chi connectivity index (χ3v) is 3.49. The maximum atomic E-state index is 13.8. The van der Waals surface area contributed by atoms with Crippen molar-refractivity contribution >= 4 is 15.9 Å². The van der Waals surface area contributed by atoms with Crippen LogP contribution in [0.2, 0.25) is 0 Å². The topological polar surface area (TPSA) is 38.0 Å². The average molecular weight is 289 g/mol. The lowest BCUT2D eigenvalue weighted by Crippen LogP contribution is -2.33. The zero-order chi connectivity index (χ0) is 12.1. The minimum atomic E-state index is -0.218. The van der Waals surface area contributed by atoms with Gasteiger partial charge in [0.05, 0.1) is 6.04 Å². The van der Waals surface area contributed by atoms with Crippen LogP contribution in [0.5, 0.6) is 0 Å². The number of benzene rings is 1. The maximum Gasteiger partial charge on any atom is 0.129 e. The van der Waals surface area contributed by atoms with Crippen molar-refractivity contribution in [3.8, 4) is 0 Å². The van der Waals surface area contributed by atoms with Crippen molar-refractivity contribution in [1.29, 1.82) is 0 Å². The zero-order valence-corrected chi connectivity index (χ0v) is 11.2. The number of hydrogen-bond acceptors (Lipinski definition) is 2. The van der Waals surface area contributed by atoms with Gasteiger partial charge in [0.2, 0.25) is 0 Å². The average Bonchev–Trinajstić information content (AvgIpc) is 2.27. The molecule has 0 saturated heterocycles. The van der Waals surface area contributed by atoms with Crippen molar-refractivity contribution in [2.24, 2.45) is 11.8 Å². The molecule has 2 nitrogen and oxygen atoms in total. The number of hydrogen-bond donors (Lipinski definition) is 2. The van der Waals surface area contributed by atoms with Crippen LogP contribution >= 0.6 is 15.9 Å². The second-order valence-electron chi connectivity index (χ2n) is 3.89. The lowest BCUT2D eigenvalue weighted by atomic mass is 9.89. The smallest absolute Gasteiger partial charge is 0.129 e. The van der Waals surface area contributed by atoms with Crippen LogP contribution in [-0.2, 0) is 0 Å². The zero-order valence-electron chi connectivity index (χ0n) is 9.63. The van der Waals surface area contributed by atoms with Crippen LogP contribution in [0.25, 0.3) is 0 Å². The predicted octanol–water partition coefficient (Wildman–Crippen LogP) is 3.53. The molecular formula is C12H18BrFN2. The highest BCUT2D eigenvalue weighted by molar-refractivity contribution is 9.10. The molecule has 0 amide bonds. The fourth-order valence-corrected chi connectivity index (χ4v) is 2.33. The second kappa shape index (κ2) is 6.33. The molecule has 0 aliphatic heterocycles. The van der Waals surface area contributed by atoms with Gasteiger partial charge in [-0.2, -0.15) is 0 Å². The summed E-state index contributed by atoms with van der Waals surface area (Å²) in [7, 11) is 0. The number of halogens is 2. The first-order valence-corrected chi connectivity index (χ1v) is 6.34. The second-order valence-corrected chi connectivity index (χ2v) is 4.80. The van der Waals surface area contributed by atoms with Gasteiger partial charge in [0.1, 0.15) is 5.82 Å². The molecule has 0 heterocycles. The third kappa shape index (κ3) is 3.03. The quantitative estimate of drug-likeness (QED) is 0.643. The lowest BCUT2D eigenvalue weighted by molar-refractivity contribution is 0.336. The molecule has 0 bridgehead atoms. The first-order valence-electron chi connectivity index (χ1n) is 5.55. The van der Waals surface area contributed by atoms with Crippen LogP contribution in [-0.4, -0.2) is 0 Å². The third-order valence-electron chi connectivity index (χ3n) is 3.00. The lowest BCUT2D eigenvalue weighted by Gasteiger charge is -2.25. The Morgan fingerprint density at radius 2 is 2.00 bits per heavy atom. The van der Waals surface area contributed by atoms with Gasteiger partial charge in [0.25, 0.3) is 0 Å². The number of nitrogens with two attached hydrogens (primary N) is 1. The fraction of sp³-hybridized carbons (Fsp3) is 0.500. The van der Waals surface area contributed by atoms with Crippen LogP contribution in [0.15, 0.2) is 22.7 Å². The van der Waals surface area contributed by atoms with E-state index < -0.39 is 0 Å². The molecule has 0 radical (unpaired) electrons. The van der Waals surface area contributed by atoms with Crippen LogP contribution < -0.4 is 11.3 Å². The van der Waals surface area contributed by atoms with Gasteiger partial charge in [0, 0.05) is 10.0 Å². The van der Waals surface area contributed by atoms with Gasteiger partial charge in [-0.15, -0.1) is 0 Å². The van der Waals surface area contributed by atoms with E-state index in [1.807, 2.05) is 6.07 Å². The Hall–Kier alpha value is -0.450. The maximum absolute atomic E-state index is 13.8. The van der Waals surface area contributed by atoms with E-state index in [1.165, 1.54) is 6.07 Å². The monoisotopic (exact) mass is 288 g/mol. The first kappa shape index (κ1) is 13.6. The van der Waals surface area contributed by atoms with E-state index in [9.17, 15) is 4.39 Å². The SMILES string of the molecule is CCC(CC)C(NN)c1ccc(Br)cc1F. The van der Waals surface area contributed by atoms with Gasteiger partial charge in [0.15, 0.2) is 0 Å². The molecule has 3 N–H and O–H groups in total. The standard InChI is InChI=1S/C12H18BrFN2/c1-3-8(4-2)12(16-15)10-6-5-9(13)7-11(10)14/h5-8,12,16H,3-4,15H2,1-2H3. The van der Waals surface area contributed by atoms with E-state index in [2.05, 4.69) is 35.2 Å². The Balaban J connectivity index is 3.03. The summed E-state index contributed by atoms with van der Waals surface area (Å²) in [5.74, 6) is 5.66. The van der Waals surface area contributed by atoms with Crippen LogP contribution in [0.4, 0.5) is 4.39 Å². The van der Waals surface area contributed by atoms with Gasteiger partial charge in [-0.25, -0.2) is 4.39 Å². The van der Waals surface area contributed by atoms with Gasteiger partial charge in [-0.3, -0.25) is 11.3 Å². The largest absolute Gasteiger partial charge is 0.271 e. The highest BCUT2D eigenvalue weighted by Gasteiger charge is 2.21. The van der Waals surface area contributed by atoms with Gasteiger partial charge in [-0.1, -0.05) is 48.7 Å². The molecular weight excluding hydrogens is 271 g/mol. The molecule has 0 saturated carbocycles. The molecule has 0 aromatic heterocycles. The van der Waals surface area contributed by atoms with Crippen LogP contribution in [0.1, 0.15) is 38.3 Å². The van der Waals surface area contributed by atoms with Crippen molar-refractivity contribution in [2.45, 2.75) is 32.7 Å². The Morgan fingerprint density at radius 3 is 2.44 bits per heavy atom. The normalized spacial score (nSPS) is 13.1. The highest BCUT2D eigenvalue weighted by atomic mass is 79.9. The van der Waals surface area contributed by atoms with Crippen molar-refractivity contribution < 1.29 is 4.39 Å². The van der Waals surface area contributed by atoms with Crippen molar-refractivity contribution in [3.05, 3.63) is 34.1 Å². The summed E-state index contributed by atoms with van der Waals surface area (Å²) in [4.78, 5) is 0. The molecule has 0 aliphatic carbocycles. The first-order chi connectivity index (χ1) is 7.63. The molecule has 1 rings (SSSR count). The highest BCUT2D eigenvalue weighted by Crippen LogP contribution is 2.29. The predicted molar refractivity (Wildman–Crippen MR) is 68.2 cm³/mol. The molecule has 0 fully saturated rings. The van der Waals surface area contributed by atoms with E-state index in [0.717, 1.165) is 17.3 Å². The molecule has 1 atom stereocenters. The summed E-state index contributed by atoms with van der Waals surface area (Å²) in [6, 6.07) is 4.97. The molecule has 0 spiro atoms. The van der Waals surface area contributed by atoms with E-state index in [1.54, 1.807) is 6.07 Å². The minimum Gasteiger partial charge on any atom is -0.271 e. The van der Waals surface area contributed by atoms with Gasteiger partial charge < -0.3 is 0 Å². The summed E-state index contributed by atoms with van der Waals surface area (Å²) >= 11 is 3.25. The van der Waals surface area contributed by atoms with E-state index >= 15 is 0 Å². The summed E-state index contributed by atoms with van der Waals surface area (Å²) in [5.41, 5.74) is 3.36. The fourth-order valence-electron chi connectivity index (χ4n) is 1.99.